The fraction of sp³-hybridized carbons (Fsp3) is 0.913. The molecule has 0 N–H and O–H groups in total. The second-order valence-corrected chi connectivity index (χ2v) is 10.6. The van der Waals surface area contributed by atoms with Crippen LogP contribution < -0.4 is 0 Å². The second-order valence-electron chi connectivity index (χ2n) is 10.6. The Labute approximate surface area is 162 Å². The van der Waals surface area contributed by atoms with Gasteiger partial charge in [-0.25, -0.2) is 8.78 Å². The van der Waals surface area contributed by atoms with Crippen molar-refractivity contribution in [3.8, 4) is 0 Å². The summed E-state index contributed by atoms with van der Waals surface area (Å²) in [6, 6.07) is -0.00895. The molecule has 3 fully saturated rings. The van der Waals surface area contributed by atoms with Gasteiger partial charge in [-0.2, -0.15) is 4.91 Å². The molecule has 0 aromatic rings. The number of fused-ring (bicyclic) bond motifs is 5. The molecule has 2 nitrogen and oxygen atoms in total. The van der Waals surface area contributed by atoms with Gasteiger partial charge < -0.3 is 0 Å². The first-order valence-corrected chi connectivity index (χ1v) is 11.1. The Hall–Kier alpha value is -0.800. The van der Waals surface area contributed by atoms with E-state index in [0.29, 0.717) is 17.8 Å². The molecule has 152 valence electrons. The Bertz CT molecular complexity index is 612. The van der Waals surface area contributed by atoms with E-state index >= 15 is 0 Å². The van der Waals surface area contributed by atoms with Gasteiger partial charge >= 0.3 is 0 Å². The summed E-state index contributed by atoms with van der Waals surface area (Å²) < 4.78 is 27.3. The topological polar surface area (TPSA) is 29.4 Å². The SMILES string of the molecule is C[C@H](CC(C)(F)F)[C@H]1CCC2[C@@H]3CC=C4C[C@@H](N=O)CC[C@@H]4C3CC[C@@]21C. The highest BCUT2D eigenvalue weighted by Crippen LogP contribution is 2.65. The molecule has 4 heteroatoms. The predicted octanol–water partition coefficient (Wildman–Crippen LogP) is 6.99. The molecule has 0 aromatic carbocycles. The molecule has 0 bridgehead atoms. The van der Waals surface area contributed by atoms with E-state index in [4.69, 9.17) is 0 Å². The van der Waals surface area contributed by atoms with E-state index in [2.05, 4.69) is 25.1 Å². The first-order chi connectivity index (χ1) is 12.7. The Kier molecular flexibility index (Phi) is 5.00. The van der Waals surface area contributed by atoms with Gasteiger partial charge in [-0.1, -0.05) is 30.7 Å². The minimum absolute atomic E-state index is 0.00895. The Morgan fingerprint density at radius 3 is 2.70 bits per heavy atom. The van der Waals surface area contributed by atoms with Crippen LogP contribution in [0.25, 0.3) is 0 Å². The zero-order valence-electron chi connectivity index (χ0n) is 17.1. The van der Waals surface area contributed by atoms with Gasteiger partial charge in [-0.05, 0) is 99.2 Å². The van der Waals surface area contributed by atoms with Gasteiger partial charge in [-0.3, -0.25) is 0 Å². The Balaban J connectivity index is 1.52. The highest BCUT2D eigenvalue weighted by molar-refractivity contribution is 5.20. The van der Waals surface area contributed by atoms with Crippen molar-refractivity contribution in [2.24, 2.45) is 46.1 Å². The van der Waals surface area contributed by atoms with Gasteiger partial charge in [0.05, 0.1) is 6.04 Å². The van der Waals surface area contributed by atoms with E-state index in [0.717, 1.165) is 50.9 Å². The summed E-state index contributed by atoms with van der Waals surface area (Å²) in [6.07, 6.45) is 11.3. The Morgan fingerprint density at radius 2 is 2.00 bits per heavy atom. The maximum Gasteiger partial charge on any atom is 0.245 e. The minimum atomic E-state index is -2.56. The van der Waals surface area contributed by atoms with Crippen LogP contribution in [0.5, 0.6) is 0 Å². The smallest absolute Gasteiger partial charge is 0.207 e. The van der Waals surface area contributed by atoms with Gasteiger partial charge in [0.2, 0.25) is 5.92 Å². The number of rotatable bonds is 4. The average molecular weight is 380 g/mol. The maximum atomic E-state index is 13.7. The zero-order chi connectivity index (χ0) is 19.4. The lowest BCUT2D eigenvalue weighted by atomic mass is 9.51. The molecule has 0 amide bonds. The van der Waals surface area contributed by atoms with Crippen molar-refractivity contribution in [2.75, 3.05) is 0 Å². The average Bonchev–Trinajstić information content (AvgIpc) is 2.96. The van der Waals surface area contributed by atoms with E-state index in [1.165, 1.54) is 24.8 Å². The van der Waals surface area contributed by atoms with Gasteiger partial charge in [0.1, 0.15) is 0 Å². The molecular weight excluding hydrogens is 344 g/mol. The van der Waals surface area contributed by atoms with E-state index in [-0.39, 0.29) is 23.8 Å². The van der Waals surface area contributed by atoms with Crippen LogP contribution >= 0.6 is 0 Å². The summed E-state index contributed by atoms with van der Waals surface area (Å²) >= 11 is 0. The van der Waals surface area contributed by atoms with Gasteiger partial charge in [0.15, 0.2) is 0 Å². The standard InChI is InChI=1S/C23H35F2NO/c1-14(13-23(3,24)25)20-8-9-21-19-6-4-15-12-16(26-27)5-7-17(15)18(19)10-11-22(20,21)2/h4,14,16-21H,5-13H2,1-3H3/t14-,16+,17+,18?,19-,20-,21?,22-/m1/s1. The highest BCUT2D eigenvalue weighted by atomic mass is 19.3. The molecule has 0 spiro atoms. The highest BCUT2D eigenvalue weighted by Gasteiger charge is 2.57. The third-order valence-corrected chi connectivity index (χ3v) is 9.01. The van der Waals surface area contributed by atoms with Crippen molar-refractivity contribution in [1.82, 2.24) is 0 Å². The quantitative estimate of drug-likeness (QED) is 0.382. The fourth-order valence-corrected chi connectivity index (χ4v) is 8.02. The number of allylic oxidation sites excluding steroid dienone is 1. The van der Waals surface area contributed by atoms with Crippen molar-refractivity contribution in [2.45, 2.75) is 90.5 Å². The van der Waals surface area contributed by atoms with Crippen LogP contribution in [0.15, 0.2) is 16.8 Å². The molecule has 0 aliphatic heterocycles. The van der Waals surface area contributed by atoms with Gasteiger partial charge in [0.25, 0.3) is 0 Å². The molecule has 8 atom stereocenters. The zero-order valence-corrected chi connectivity index (χ0v) is 17.1. The summed E-state index contributed by atoms with van der Waals surface area (Å²) in [4.78, 5) is 11.0. The number of hydrogen-bond donors (Lipinski definition) is 0. The molecular formula is C23H35F2NO. The normalized spacial score (nSPS) is 45.3. The number of halogens is 2. The molecule has 2 unspecified atom stereocenters. The summed E-state index contributed by atoms with van der Waals surface area (Å²) in [5, 5.41) is 3.31. The van der Waals surface area contributed by atoms with Crippen LogP contribution in [0, 0.1) is 45.8 Å². The van der Waals surface area contributed by atoms with Crippen LogP contribution in [-0.4, -0.2) is 12.0 Å². The summed E-state index contributed by atoms with van der Waals surface area (Å²) in [7, 11) is 0. The first kappa shape index (κ1) is 19.5. The van der Waals surface area contributed by atoms with E-state index in [9.17, 15) is 13.7 Å². The largest absolute Gasteiger partial charge is 0.245 e. The third-order valence-electron chi connectivity index (χ3n) is 9.01. The lowest BCUT2D eigenvalue weighted by Gasteiger charge is -2.54. The third kappa shape index (κ3) is 3.40. The van der Waals surface area contributed by atoms with Crippen LogP contribution in [0.3, 0.4) is 0 Å². The Morgan fingerprint density at radius 1 is 1.22 bits per heavy atom. The summed E-state index contributed by atoms with van der Waals surface area (Å²) in [6.45, 7) is 5.56. The number of nitrogens with zero attached hydrogens (tertiary/aromatic N) is 1. The van der Waals surface area contributed by atoms with E-state index < -0.39 is 5.92 Å². The lowest BCUT2D eigenvalue weighted by Crippen LogP contribution is -2.47. The number of hydrogen-bond acceptors (Lipinski definition) is 2. The molecule has 4 aliphatic carbocycles. The van der Waals surface area contributed by atoms with Gasteiger partial charge in [-0.15, -0.1) is 0 Å². The van der Waals surface area contributed by atoms with Crippen LogP contribution in [0.2, 0.25) is 0 Å². The second kappa shape index (κ2) is 6.91. The molecule has 0 radical (unpaired) electrons. The van der Waals surface area contributed by atoms with Crippen molar-refractivity contribution < 1.29 is 8.78 Å². The first-order valence-electron chi connectivity index (χ1n) is 11.1. The number of nitroso groups, excluding NO2 is 1. The minimum Gasteiger partial charge on any atom is -0.207 e. The van der Waals surface area contributed by atoms with Crippen molar-refractivity contribution in [1.29, 1.82) is 0 Å². The predicted molar refractivity (Wildman–Crippen MR) is 105 cm³/mol. The molecule has 4 rings (SSSR count). The summed E-state index contributed by atoms with van der Waals surface area (Å²) in [5.41, 5.74) is 1.74. The molecule has 0 aromatic heterocycles. The molecule has 0 heterocycles. The number of alkyl halides is 2. The van der Waals surface area contributed by atoms with Crippen LogP contribution in [-0.2, 0) is 0 Å². The van der Waals surface area contributed by atoms with Crippen LogP contribution in [0.4, 0.5) is 8.78 Å². The maximum absolute atomic E-state index is 13.7. The van der Waals surface area contributed by atoms with Crippen molar-refractivity contribution in [3.63, 3.8) is 0 Å². The molecule has 27 heavy (non-hydrogen) atoms. The van der Waals surface area contributed by atoms with Crippen LogP contribution in [0.1, 0.15) is 78.6 Å². The molecule has 4 aliphatic rings. The lowest BCUT2D eigenvalue weighted by molar-refractivity contribution is -0.0501. The summed E-state index contributed by atoms with van der Waals surface area (Å²) in [5.74, 6) is 0.792. The van der Waals surface area contributed by atoms with E-state index in [1.54, 1.807) is 0 Å². The molecule has 0 saturated heterocycles. The monoisotopic (exact) mass is 379 g/mol. The van der Waals surface area contributed by atoms with E-state index in [1.807, 2.05) is 0 Å². The van der Waals surface area contributed by atoms with Crippen molar-refractivity contribution >= 4 is 0 Å². The van der Waals surface area contributed by atoms with Crippen molar-refractivity contribution in [3.05, 3.63) is 16.6 Å². The van der Waals surface area contributed by atoms with Gasteiger partial charge in [0, 0.05) is 6.42 Å². The molecule has 3 saturated carbocycles. The fourth-order valence-electron chi connectivity index (χ4n) is 8.02.